The summed E-state index contributed by atoms with van der Waals surface area (Å²) in [6.45, 7) is 3.80. The van der Waals surface area contributed by atoms with Crippen LogP contribution in [0.1, 0.15) is 55.1 Å². The fourth-order valence-corrected chi connectivity index (χ4v) is 5.01. The largest absolute Gasteiger partial charge is 0.398 e. The molecule has 1 aromatic heterocycles. The molecule has 3 aliphatic rings. The lowest BCUT2D eigenvalue weighted by Crippen LogP contribution is -2.27. The van der Waals surface area contributed by atoms with Crippen LogP contribution in [0.25, 0.3) is 5.69 Å². The molecule has 0 unspecified atom stereocenters. The number of nitrogens with one attached hydrogen (secondary N) is 1. The maximum atomic E-state index is 14.4. The molecule has 1 aliphatic heterocycles. The lowest BCUT2D eigenvalue weighted by atomic mass is 10.1. The van der Waals surface area contributed by atoms with Gasteiger partial charge in [-0.3, -0.25) is 14.6 Å². The highest BCUT2D eigenvalue weighted by Crippen LogP contribution is 2.54. The molecule has 3 N–H and O–H groups in total. The standard InChI is InChI=1S/C28H28F2N6O2/c1-27(9-10-27)32-15-17-20(31)5-6-21(24(17)35-14-13-28(16-35)11-12-28)33-26(38)22-7-8-23(37)36(34-22)25-18(29)3-2-4-19(25)30/h2-8,15H,9-14,16,31H2,1H3,(H,33,38). The zero-order valence-electron chi connectivity index (χ0n) is 21.0. The van der Waals surface area contributed by atoms with Crippen molar-refractivity contribution in [2.75, 3.05) is 29.0 Å². The van der Waals surface area contributed by atoms with E-state index in [-0.39, 0.29) is 11.2 Å². The number of para-hydroxylation sites is 1. The summed E-state index contributed by atoms with van der Waals surface area (Å²) in [5, 5.41) is 6.88. The van der Waals surface area contributed by atoms with Gasteiger partial charge in [-0.15, -0.1) is 0 Å². The molecule has 6 rings (SSSR count). The first-order valence-corrected chi connectivity index (χ1v) is 12.8. The Morgan fingerprint density at radius 1 is 1.05 bits per heavy atom. The fourth-order valence-electron chi connectivity index (χ4n) is 5.01. The van der Waals surface area contributed by atoms with Gasteiger partial charge in [0.2, 0.25) is 0 Å². The Morgan fingerprint density at radius 2 is 1.79 bits per heavy atom. The second-order valence-electron chi connectivity index (χ2n) is 10.9. The third kappa shape index (κ3) is 4.44. The zero-order valence-corrected chi connectivity index (χ0v) is 21.0. The van der Waals surface area contributed by atoms with Crippen molar-refractivity contribution in [3.63, 3.8) is 0 Å². The van der Waals surface area contributed by atoms with Gasteiger partial charge < -0.3 is 16.0 Å². The Kier molecular flexibility index (Phi) is 5.59. The zero-order chi connectivity index (χ0) is 26.7. The van der Waals surface area contributed by atoms with Gasteiger partial charge >= 0.3 is 0 Å². The molecular weight excluding hydrogens is 490 g/mol. The van der Waals surface area contributed by atoms with Gasteiger partial charge in [-0.25, -0.2) is 8.78 Å². The number of hydrogen-bond donors (Lipinski definition) is 2. The van der Waals surface area contributed by atoms with Crippen LogP contribution < -0.4 is 21.5 Å². The maximum Gasteiger partial charge on any atom is 0.276 e. The number of halogens is 2. The average Bonchev–Trinajstić information content (AvgIpc) is 3.77. The van der Waals surface area contributed by atoms with Crippen molar-refractivity contribution < 1.29 is 13.6 Å². The average molecular weight is 519 g/mol. The minimum atomic E-state index is -0.964. The van der Waals surface area contributed by atoms with Crippen LogP contribution in [0.15, 0.2) is 52.3 Å². The number of carbonyl (C=O) groups is 1. The van der Waals surface area contributed by atoms with Gasteiger partial charge in [0, 0.05) is 36.6 Å². The van der Waals surface area contributed by atoms with Crippen LogP contribution >= 0.6 is 0 Å². The number of aromatic nitrogens is 2. The third-order valence-electron chi connectivity index (χ3n) is 7.87. The van der Waals surface area contributed by atoms with Gasteiger partial charge in [0.05, 0.1) is 16.9 Å². The predicted molar refractivity (Wildman–Crippen MR) is 142 cm³/mol. The molecule has 0 atom stereocenters. The number of aliphatic imine (C=N–C) groups is 1. The summed E-state index contributed by atoms with van der Waals surface area (Å²) in [5.41, 5.74) is 7.71. The number of anilines is 3. The highest BCUT2D eigenvalue weighted by molar-refractivity contribution is 6.08. The molecule has 3 fully saturated rings. The second kappa shape index (κ2) is 8.75. The van der Waals surface area contributed by atoms with Gasteiger partial charge in [-0.05, 0) is 74.8 Å². The molecule has 2 aromatic carbocycles. The Hall–Kier alpha value is -4.08. The number of amides is 1. The topological polar surface area (TPSA) is 106 Å². The number of nitrogen functional groups attached to an aromatic ring is 1. The summed E-state index contributed by atoms with van der Waals surface area (Å²) < 4.78 is 29.3. The lowest BCUT2D eigenvalue weighted by molar-refractivity contribution is 0.102. The molecule has 2 aliphatic carbocycles. The van der Waals surface area contributed by atoms with Crippen molar-refractivity contribution in [1.82, 2.24) is 9.78 Å². The van der Waals surface area contributed by atoms with E-state index in [2.05, 4.69) is 22.2 Å². The molecule has 3 aromatic rings. The van der Waals surface area contributed by atoms with Crippen molar-refractivity contribution in [3.8, 4) is 5.69 Å². The molecular formula is C28H28F2N6O2. The maximum absolute atomic E-state index is 14.4. The normalized spacial score (nSPS) is 18.8. The number of nitrogens with zero attached hydrogens (tertiary/aromatic N) is 4. The molecule has 0 radical (unpaired) electrons. The van der Waals surface area contributed by atoms with Crippen molar-refractivity contribution in [1.29, 1.82) is 0 Å². The van der Waals surface area contributed by atoms with Crippen molar-refractivity contribution >= 4 is 29.2 Å². The Labute approximate surface area is 218 Å². The minimum Gasteiger partial charge on any atom is -0.398 e. The summed E-state index contributed by atoms with van der Waals surface area (Å²) in [6.07, 6.45) is 7.30. The Morgan fingerprint density at radius 3 is 2.45 bits per heavy atom. The van der Waals surface area contributed by atoms with E-state index in [1.807, 2.05) is 6.21 Å². The predicted octanol–water partition coefficient (Wildman–Crippen LogP) is 4.31. The van der Waals surface area contributed by atoms with Crippen LogP contribution in [0, 0.1) is 17.0 Å². The first-order valence-electron chi connectivity index (χ1n) is 12.8. The van der Waals surface area contributed by atoms with E-state index in [1.54, 1.807) is 12.1 Å². The lowest BCUT2D eigenvalue weighted by Gasteiger charge is -2.25. The summed E-state index contributed by atoms with van der Waals surface area (Å²) in [7, 11) is 0. The van der Waals surface area contributed by atoms with Gasteiger partial charge in [-0.2, -0.15) is 9.78 Å². The van der Waals surface area contributed by atoms with Crippen LogP contribution in [0.3, 0.4) is 0 Å². The number of nitrogens with two attached hydrogens (primary N) is 1. The minimum absolute atomic E-state index is 0.0781. The SMILES string of the molecule is CC1(N=Cc2c(N)ccc(NC(=O)c3ccc(=O)n(-c4c(F)cccc4F)n3)c2N2CCC3(CC3)C2)CC1. The number of rotatable bonds is 6. The quantitative estimate of drug-likeness (QED) is 0.374. The summed E-state index contributed by atoms with van der Waals surface area (Å²) in [4.78, 5) is 32.8. The van der Waals surface area contributed by atoms with Gasteiger partial charge in [0.1, 0.15) is 11.4 Å². The first kappa shape index (κ1) is 24.3. The molecule has 2 heterocycles. The van der Waals surface area contributed by atoms with E-state index >= 15 is 0 Å². The van der Waals surface area contributed by atoms with E-state index in [0.717, 1.165) is 61.8 Å². The van der Waals surface area contributed by atoms with Crippen LogP contribution in [-0.2, 0) is 0 Å². The van der Waals surface area contributed by atoms with E-state index in [4.69, 9.17) is 10.7 Å². The molecule has 1 amide bonds. The van der Waals surface area contributed by atoms with Crippen LogP contribution in [-0.4, -0.2) is 40.5 Å². The van der Waals surface area contributed by atoms with Crippen LogP contribution in [0.5, 0.6) is 0 Å². The molecule has 0 bridgehead atoms. The van der Waals surface area contributed by atoms with Crippen molar-refractivity contribution in [2.24, 2.45) is 10.4 Å². The number of benzene rings is 2. The van der Waals surface area contributed by atoms with Gasteiger partial charge in [0.15, 0.2) is 11.6 Å². The monoisotopic (exact) mass is 518 g/mol. The Balaban J connectivity index is 1.37. The molecule has 196 valence electrons. The molecule has 1 spiro atoms. The fraction of sp³-hybridized carbons (Fsp3) is 0.357. The smallest absolute Gasteiger partial charge is 0.276 e. The van der Waals surface area contributed by atoms with Crippen LogP contribution in [0.2, 0.25) is 0 Å². The van der Waals surface area contributed by atoms with Gasteiger partial charge in [-0.1, -0.05) is 6.07 Å². The van der Waals surface area contributed by atoms with Crippen molar-refractivity contribution in [2.45, 2.75) is 44.6 Å². The molecule has 2 saturated carbocycles. The highest BCUT2D eigenvalue weighted by atomic mass is 19.1. The first-order chi connectivity index (χ1) is 18.2. The molecule has 8 nitrogen and oxygen atoms in total. The second-order valence-corrected chi connectivity index (χ2v) is 10.9. The van der Waals surface area contributed by atoms with E-state index < -0.39 is 28.8 Å². The Bertz CT molecular complexity index is 1520. The van der Waals surface area contributed by atoms with E-state index in [9.17, 15) is 18.4 Å². The molecule has 1 saturated heterocycles. The van der Waals surface area contributed by atoms with Crippen LogP contribution in [0.4, 0.5) is 25.8 Å². The molecule has 10 heteroatoms. The van der Waals surface area contributed by atoms with Gasteiger partial charge in [0.25, 0.3) is 11.5 Å². The van der Waals surface area contributed by atoms with E-state index in [0.29, 0.717) is 21.5 Å². The van der Waals surface area contributed by atoms with Crippen molar-refractivity contribution in [3.05, 3.63) is 75.7 Å². The third-order valence-corrected chi connectivity index (χ3v) is 7.87. The summed E-state index contributed by atoms with van der Waals surface area (Å²) in [6, 6.07) is 8.98. The number of carbonyl (C=O) groups excluding carboxylic acids is 1. The highest BCUT2D eigenvalue weighted by Gasteiger charge is 2.48. The summed E-state index contributed by atoms with van der Waals surface area (Å²) >= 11 is 0. The number of hydrogen-bond acceptors (Lipinski definition) is 6. The summed E-state index contributed by atoms with van der Waals surface area (Å²) in [5.74, 6) is -2.55. The van der Waals surface area contributed by atoms with E-state index in [1.165, 1.54) is 25.0 Å². The molecule has 38 heavy (non-hydrogen) atoms.